The van der Waals surface area contributed by atoms with Crippen molar-refractivity contribution in [1.29, 1.82) is 0 Å². The van der Waals surface area contributed by atoms with Crippen molar-refractivity contribution in [2.24, 2.45) is 5.10 Å². The van der Waals surface area contributed by atoms with E-state index in [1.165, 1.54) is 5.56 Å². The van der Waals surface area contributed by atoms with Crippen LogP contribution in [0.5, 0.6) is 11.5 Å². The fraction of sp³-hybridized carbons (Fsp3) is 0.125. The summed E-state index contributed by atoms with van der Waals surface area (Å²) >= 11 is 0. The molecular weight excluding hydrogens is 268 g/mol. The minimum atomic E-state index is -0.295. The van der Waals surface area contributed by atoms with Gasteiger partial charge in [-0.15, -0.1) is 0 Å². The molecule has 5 nitrogen and oxygen atoms in total. The number of hydrogen-bond donors (Lipinski definition) is 1. The molecule has 21 heavy (non-hydrogen) atoms. The lowest BCUT2D eigenvalue weighted by molar-refractivity contribution is 0.0954. The van der Waals surface area contributed by atoms with Gasteiger partial charge in [-0.25, -0.2) is 5.43 Å². The van der Waals surface area contributed by atoms with E-state index in [0.29, 0.717) is 17.1 Å². The third kappa shape index (κ3) is 3.02. The summed E-state index contributed by atoms with van der Waals surface area (Å²) in [5.74, 6) is 0.927. The standard InChI is InChI=1S/C16H14N2O3/c1-11-2-4-12(5-3-11)9-17-18-16(19)13-6-7-14-15(8-13)21-10-20-14/h2-9H,10H2,1H3,(H,18,19)/b17-9+. The van der Waals surface area contributed by atoms with Gasteiger partial charge in [-0.05, 0) is 30.7 Å². The largest absolute Gasteiger partial charge is 0.454 e. The Balaban J connectivity index is 1.65. The highest BCUT2D eigenvalue weighted by atomic mass is 16.7. The number of aryl methyl sites for hydroxylation is 1. The number of benzene rings is 2. The number of ether oxygens (including phenoxy) is 2. The van der Waals surface area contributed by atoms with Gasteiger partial charge in [-0.3, -0.25) is 4.79 Å². The first-order valence-electron chi connectivity index (χ1n) is 6.52. The average molecular weight is 282 g/mol. The van der Waals surface area contributed by atoms with E-state index in [1.54, 1.807) is 24.4 Å². The zero-order valence-electron chi connectivity index (χ0n) is 11.5. The van der Waals surface area contributed by atoms with Crippen molar-refractivity contribution in [2.75, 3.05) is 6.79 Å². The zero-order chi connectivity index (χ0) is 14.7. The molecule has 0 saturated carbocycles. The maximum atomic E-state index is 12.0. The Morgan fingerprint density at radius 2 is 1.90 bits per heavy atom. The van der Waals surface area contributed by atoms with Crippen molar-refractivity contribution in [1.82, 2.24) is 5.43 Å². The van der Waals surface area contributed by atoms with E-state index in [1.807, 2.05) is 31.2 Å². The van der Waals surface area contributed by atoms with Gasteiger partial charge < -0.3 is 9.47 Å². The van der Waals surface area contributed by atoms with Crippen LogP contribution < -0.4 is 14.9 Å². The van der Waals surface area contributed by atoms with Gasteiger partial charge in [-0.2, -0.15) is 5.10 Å². The maximum Gasteiger partial charge on any atom is 0.271 e. The first-order chi connectivity index (χ1) is 10.2. The molecule has 2 aromatic rings. The Bertz CT molecular complexity index is 693. The van der Waals surface area contributed by atoms with E-state index in [2.05, 4.69) is 10.5 Å². The Kier molecular flexibility index (Phi) is 3.55. The summed E-state index contributed by atoms with van der Waals surface area (Å²) in [6, 6.07) is 12.9. The van der Waals surface area contributed by atoms with Crippen molar-refractivity contribution in [3.05, 3.63) is 59.2 Å². The molecule has 0 radical (unpaired) electrons. The van der Waals surface area contributed by atoms with E-state index in [0.717, 1.165) is 5.56 Å². The van der Waals surface area contributed by atoms with Gasteiger partial charge in [0.25, 0.3) is 5.91 Å². The van der Waals surface area contributed by atoms with E-state index >= 15 is 0 Å². The van der Waals surface area contributed by atoms with Crippen molar-refractivity contribution in [3.8, 4) is 11.5 Å². The zero-order valence-corrected chi connectivity index (χ0v) is 11.5. The third-order valence-corrected chi connectivity index (χ3v) is 3.09. The van der Waals surface area contributed by atoms with Crippen LogP contribution >= 0.6 is 0 Å². The van der Waals surface area contributed by atoms with Crippen molar-refractivity contribution in [2.45, 2.75) is 6.92 Å². The maximum absolute atomic E-state index is 12.0. The van der Waals surface area contributed by atoms with Gasteiger partial charge in [0.2, 0.25) is 6.79 Å². The van der Waals surface area contributed by atoms with Gasteiger partial charge in [0.05, 0.1) is 6.21 Å². The van der Waals surface area contributed by atoms with Gasteiger partial charge in [0.15, 0.2) is 11.5 Å². The van der Waals surface area contributed by atoms with Crippen molar-refractivity contribution >= 4 is 12.1 Å². The summed E-state index contributed by atoms with van der Waals surface area (Å²) in [4.78, 5) is 12.0. The topological polar surface area (TPSA) is 59.9 Å². The molecule has 1 amide bonds. The monoisotopic (exact) mass is 282 g/mol. The fourth-order valence-corrected chi connectivity index (χ4v) is 1.92. The Morgan fingerprint density at radius 1 is 1.14 bits per heavy atom. The molecule has 1 heterocycles. The predicted molar refractivity (Wildman–Crippen MR) is 78.8 cm³/mol. The second kappa shape index (κ2) is 5.66. The Labute approximate surface area is 122 Å². The molecule has 0 aromatic heterocycles. The summed E-state index contributed by atoms with van der Waals surface area (Å²) in [6.07, 6.45) is 1.60. The summed E-state index contributed by atoms with van der Waals surface area (Å²) < 4.78 is 10.4. The SMILES string of the molecule is Cc1ccc(/C=N/NC(=O)c2ccc3c(c2)OCO3)cc1. The smallest absolute Gasteiger partial charge is 0.271 e. The molecule has 1 aliphatic heterocycles. The van der Waals surface area contributed by atoms with Crippen molar-refractivity contribution < 1.29 is 14.3 Å². The number of carbonyl (C=O) groups excluding carboxylic acids is 1. The van der Waals surface area contributed by atoms with Crippen LogP contribution in [0, 0.1) is 6.92 Å². The number of fused-ring (bicyclic) bond motifs is 1. The first kappa shape index (κ1) is 13.2. The second-order valence-corrected chi connectivity index (χ2v) is 4.68. The van der Waals surface area contributed by atoms with Crippen LogP contribution in [0.4, 0.5) is 0 Å². The number of carbonyl (C=O) groups is 1. The number of nitrogens with one attached hydrogen (secondary N) is 1. The number of hydrogen-bond acceptors (Lipinski definition) is 4. The van der Waals surface area contributed by atoms with E-state index in [-0.39, 0.29) is 12.7 Å². The molecule has 2 aromatic carbocycles. The molecule has 5 heteroatoms. The lowest BCUT2D eigenvalue weighted by atomic mass is 10.2. The summed E-state index contributed by atoms with van der Waals surface area (Å²) in [7, 11) is 0. The molecule has 0 spiro atoms. The molecular formula is C16H14N2O3. The van der Waals surface area contributed by atoms with Gasteiger partial charge >= 0.3 is 0 Å². The van der Waals surface area contributed by atoms with E-state index in [9.17, 15) is 4.79 Å². The molecule has 3 rings (SSSR count). The molecule has 1 aliphatic rings. The van der Waals surface area contributed by atoms with E-state index in [4.69, 9.17) is 9.47 Å². The average Bonchev–Trinajstić information content (AvgIpc) is 2.96. The number of amides is 1. The minimum Gasteiger partial charge on any atom is -0.454 e. The summed E-state index contributed by atoms with van der Waals surface area (Å²) in [5.41, 5.74) is 5.06. The molecule has 0 saturated heterocycles. The van der Waals surface area contributed by atoms with Crippen molar-refractivity contribution in [3.63, 3.8) is 0 Å². The molecule has 0 atom stereocenters. The van der Waals surface area contributed by atoms with Crippen LogP contribution in [0.3, 0.4) is 0 Å². The quantitative estimate of drug-likeness (QED) is 0.695. The van der Waals surface area contributed by atoms with Gasteiger partial charge in [-0.1, -0.05) is 29.8 Å². The molecule has 0 bridgehead atoms. The highest BCUT2D eigenvalue weighted by Gasteiger charge is 2.15. The van der Waals surface area contributed by atoms with Crippen LogP contribution in [-0.2, 0) is 0 Å². The molecule has 0 unspecified atom stereocenters. The number of rotatable bonds is 3. The lowest BCUT2D eigenvalue weighted by Crippen LogP contribution is -2.17. The Hall–Kier alpha value is -2.82. The molecule has 0 fully saturated rings. The normalized spacial score (nSPS) is 12.6. The second-order valence-electron chi connectivity index (χ2n) is 4.68. The highest BCUT2D eigenvalue weighted by Crippen LogP contribution is 2.32. The number of hydrazone groups is 1. The molecule has 0 aliphatic carbocycles. The van der Waals surface area contributed by atoms with Crippen LogP contribution in [0.2, 0.25) is 0 Å². The lowest BCUT2D eigenvalue weighted by Gasteiger charge is -2.01. The first-order valence-corrected chi connectivity index (χ1v) is 6.52. The molecule has 106 valence electrons. The fourth-order valence-electron chi connectivity index (χ4n) is 1.92. The van der Waals surface area contributed by atoms with Gasteiger partial charge in [0.1, 0.15) is 0 Å². The molecule has 1 N–H and O–H groups in total. The summed E-state index contributed by atoms with van der Waals surface area (Å²) in [5, 5.41) is 3.94. The van der Waals surface area contributed by atoms with Gasteiger partial charge in [0, 0.05) is 5.56 Å². The third-order valence-electron chi connectivity index (χ3n) is 3.09. The van der Waals surface area contributed by atoms with E-state index < -0.39 is 0 Å². The predicted octanol–water partition coefficient (Wildman–Crippen LogP) is 2.49. The van der Waals surface area contributed by atoms with Crippen LogP contribution in [-0.4, -0.2) is 18.9 Å². The Morgan fingerprint density at radius 3 is 2.71 bits per heavy atom. The van der Waals surface area contributed by atoms with Crippen LogP contribution in [0.1, 0.15) is 21.5 Å². The highest BCUT2D eigenvalue weighted by molar-refractivity contribution is 5.95. The summed E-state index contributed by atoms with van der Waals surface area (Å²) in [6.45, 7) is 2.20. The van der Waals surface area contributed by atoms with Crippen LogP contribution in [0.25, 0.3) is 0 Å². The minimum absolute atomic E-state index is 0.186. The van der Waals surface area contributed by atoms with Crippen LogP contribution in [0.15, 0.2) is 47.6 Å². The number of nitrogens with zero attached hydrogens (tertiary/aromatic N) is 1.